The van der Waals surface area contributed by atoms with Crippen molar-refractivity contribution in [2.75, 3.05) is 11.9 Å². The maximum Gasteiger partial charge on any atom is 0.311 e. The van der Waals surface area contributed by atoms with Crippen molar-refractivity contribution in [2.24, 2.45) is 5.41 Å². The van der Waals surface area contributed by atoms with Crippen LogP contribution in [0.4, 0.5) is 14.5 Å². The first-order valence-corrected chi connectivity index (χ1v) is 5.35. The summed E-state index contributed by atoms with van der Waals surface area (Å²) < 4.78 is 27.0. The lowest BCUT2D eigenvalue weighted by Gasteiger charge is -2.13. The zero-order valence-corrected chi connectivity index (χ0v) is 9.33. The molecule has 0 bridgehead atoms. The van der Waals surface area contributed by atoms with E-state index in [1.807, 2.05) is 0 Å². The van der Waals surface area contributed by atoms with Gasteiger partial charge in [0.2, 0.25) is 0 Å². The summed E-state index contributed by atoms with van der Waals surface area (Å²) in [5.41, 5.74) is -1.41. The van der Waals surface area contributed by atoms with Gasteiger partial charge in [-0.25, -0.2) is 8.78 Å². The standard InChI is InChI=1S/C12H10F2N2O2/c13-8-3-7(5-15)4-9(14)10(8)16-6-12(1-2-12)11(17)18/h3-4,16H,1-2,6H2,(H,17,18). The number of halogens is 2. The Hall–Kier alpha value is -2.16. The van der Waals surface area contributed by atoms with Crippen LogP contribution in [0.1, 0.15) is 18.4 Å². The van der Waals surface area contributed by atoms with Gasteiger partial charge in [0.25, 0.3) is 0 Å². The topological polar surface area (TPSA) is 73.1 Å². The minimum atomic E-state index is -0.968. The molecular weight excluding hydrogens is 242 g/mol. The molecule has 0 aromatic heterocycles. The van der Waals surface area contributed by atoms with Gasteiger partial charge in [-0.15, -0.1) is 0 Å². The third-order valence-electron chi connectivity index (χ3n) is 3.08. The van der Waals surface area contributed by atoms with Gasteiger partial charge in [0.15, 0.2) is 11.6 Å². The number of nitrogens with one attached hydrogen (secondary N) is 1. The second kappa shape index (κ2) is 4.26. The van der Waals surface area contributed by atoms with Crippen LogP contribution < -0.4 is 5.32 Å². The van der Waals surface area contributed by atoms with E-state index in [2.05, 4.69) is 5.32 Å². The minimum Gasteiger partial charge on any atom is -0.481 e. The molecule has 4 nitrogen and oxygen atoms in total. The molecule has 2 rings (SSSR count). The fraction of sp³-hybridized carbons (Fsp3) is 0.333. The summed E-state index contributed by atoms with van der Waals surface area (Å²) in [6.07, 6.45) is 0.990. The van der Waals surface area contributed by atoms with Crippen molar-refractivity contribution in [3.63, 3.8) is 0 Å². The van der Waals surface area contributed by atoms with E-state index in [0.29, 0.717) is 12.8 Å². The number of rotatable bonds is 4. The normalized spacial score (nSPS) is 15.8. The molecule has 1 aliphatic carbocycles. The minimum absolute atomic E-state index is 0.0257. The van der Waals surface area contributed by atoms with Gasteiger partial charge in [0.1, 0.15) is 5.69 Å². The summed E-state index contributed by atoms with van der Waals surface area (Å²) in [4.78, 5) is 10.9. The summed E-state index contributed by atoms with van der Waals surface area (Å²) in [5, 5.41) is 19.9. The van der Waals surface area contributed by atoms with Gasteiger partial charge >= 0.3 is 5.97 Å². The van der Waals surface area contributed by atoms with Gasteiger partial charge in [0, 0.05) is 6.54 Å². The van der Waals surface area contributed by atoms with E-state index in [-0.39, 0.29) is 17.8 Å². The molecule has 1 fully saturated rings. The number of hydrogen-bond acceptors (Lipinski definition) is 3. The average Bonchev–Trinajstić information content (AvgIpc) is 3.08. The van der Waals surface area contributed by atoms with Crippen LogP contribution in [0, 0.1) is 28.4 Å². The number of nitriles is 1. The van der Waals surface area contributed by atoms with Crippen molar-refractivity contribution in [3.8, 4) is 6.07 Å². The molecule has 94 valence electrons. The summed E-state index contributed by atoms with van der Waals surface area (Å²) in [5.74, 6) is -2.76. The van der Waals surface area contributed by atoms with Gasteiger partial charge in [0.05, 0.1) is 17.0 Å². The smallest absolute Gasteiger partial charge is 0.311 e. The highest BCUT2D eigenvalue weighted by atomic mass is 19.1. The number of benzene rings is 1. The van der Waals surface area contributed by atoms with E-state index in [1.165, 1.54) is 0 Å². The molecule has 1 aromatic carbocycles. The van der Waals surface area contributed by atoms with Crippen molar-refractivity contribution >= 4 is 11.7 Å². The molecule has 0 radical (unpaired) electrons. The van der Waals surface area contributed by atoms with Gasteiger partial charge in [-0.3, -0.25) is 4.79 Å². The Morgan fingerprint density at radius 2 is 2.00 bits per heavy atom. The largest absolute Gasteiger partial charge is 0.481 e. The van der Waals surface area contributed by atoms with Crippen LogP contribution in [0.3, 0.4) is 0 Å². The molecule has 0 aliphatic heterocycles. The van der Waals surface area contributed by atoms with Crippen LogP contribution in [0.2, 0.25) is 0 Å². The second-order valence-electron chi connectivity index (χ2n) is 4.37. The highest BCUT2D eigenvalue weighted by Crippen LogP contribution is 2.46. The number of hydrogen-bond donors (Lipinski definition) is 2. The number of anilines is 1. The van der Waals surface area contributed by atoms with E-state index < -0.39 is 23.0 Å². The third kappa shape index (κ3) is 2.12. The molecular formula is C12H10F2N2O2. The fourth-order valence-electron chi connectivity index (χ4n) is 1.68. The Labute approximate surface area is 102 Å². The van der Waals surface area contributed by atoms with E-state index in [9.17, 15) is 13.6 Å². The van der Waals surface area contributed by atoms with Crippen molar-refractivity contribution < 1.29 is 18.7 Å². The third-order valence-corrected chi connectivity index (χ3v) is 3.08. The maximum absolute atomic E-state index is 13.5. The van der Waals surface area contributed by atoms with Crippen LogP contribution in [0.5, 0.6) is 0 Å². The second-order valence-corrected chi connectivity index (χ2v) is 4.37. The van der Waals surface area contributed by atoms with Crippen LogP contribution in [0.15, 0.2) is 12.1 Å². The summed E-state index contributed by atoms with van der Waals surface area (Å²) in [6, 6.07) is 3.45. The summed E-state index contributed by atoms with van der Waals surface area (Å²) >= 11 is 0. The van der Waals surface area contributed by atoms with Crippen LogP contribution in [-0.4, -0.2) is 17.6 Å². The monoisotopic (exact) mass is 252 g/mol. The van der Waals surface area contributed by atoms with Crippen LogP contribution in [0.25, 0.3) is 0 Å². The van der Waals surface area contributed by atoms with Gasteiger partial charge in [-0.05, 0) is 25.0 Å². The number of carbonyl (C=O) groups is 1. The molecule has 0 heterocycles. The zero-order valence-electron chi connectivity index (χ0n) is 9.33. The first kappa shape index (κ1) is 12.3. The molecule has 1 aliphatic rings. The average molecular weight is 252 g/mol. The molecule has 0 atom stereocenters. The van der Waals surface area contributed by atoms with Gasteiger partial charge < -0.3 is 10.4 Å². The molecule has 1 aromatic rings. The zero-order chi connectivity index (χ0) is 13.3. The summed E-state index contributed by atoms with van der Waals surface area (Å²) in [6.45, 7) is -0.0257. The van der Waals surface area contributed by atoms with Crippen LogP contribution >= 0.6 is 0 Å². The molecule has 1 saturated carbocycles. The molecule has 6 heteroatoms. The molecule has 0 amide bonds. The maximum atomic E-state index is 13.5. The predicted octanol–water partition coefficient (Wildman–Crippen LogP) is 2.11. The Balaban J connectivity index is 2.16. The summed E-state index contributed by atoms with van der Waals surface area (Å²) in [7, 11) is 0. The number of carboxylic acids is 1. The van der Waals surface area contributed by atoms with Crippen molar-refractivity contribution in [1.29, 1.82) is 5.26 Å². The van der Waals surface area contributed by atoms with E-state index >= 15 is 0 Å². The predicted molar refractivity (Wildman–Crippen MR) is 58.9 cm³/mol. The highest BCUT2D eigenvalue weighted by molar-refractivity contribution is 5.78. The lowest BCUT2D eigenvalue weighted by atomic mass is 10.1. The Bertz CT molecular complexity index is 524. The van der Waals surface area contributed by atoms with Crippen molar-refractivity contribution in [1.82, 2.24) is 0 Å². The lowest BCUT2D eigenvalue weighted by molar-refractivity contribution is -0.142. The molecule has 0 unspecified atom stereocenters. The lowest BCUT2D eigenvalue weighted by Crippen LogP contribution is -2.25. The Kier molecular flexibility index (Phi) is 2.91. The van der Waals surface area contributed by atoms with Gasteiger partial charge in [-0.2, -0.15) is 5.26 Å². The molecule has 0 spiro atoms. The first-order chi connectivity index (χ1) is 8.48. The van der Waals surface area contributed by atoms with Gasteiger partial charge in [-0.1, -0.05) is 0 Å². The quantitative estimate of drug-likeness (QED) is 0.860. The first-order valence-electron chi connectivity index (χ1n) is 5.35. The SMILES string of the molecule is N#Cc1cc(F)c(NCC2(C(=O)O)CC2)c(F)c1. The number of aliphatic carboxylic acids is 1. The Morgan fingerprint density at radius 1 is 1.44 bits per heavy atom. The van der Waals surface area contributed by atoms with Crippen LogP contribution in [-0.2, 0) is 4.79 Å². The fourth-order valence-corrected chi connectivity index (χ4v) is 1.68. The molecule has 0 saturated heterocycles. The number of carboxylic acid groups (broad SMARTS) is 1. The molecule has 18 heavy (non-hydrogen) atoms. The van der Waals surface area contributed by atoms with E-state index in [1.54, 1.807) is 6.07 Å². The van der Waals surface area contributed by atoms with E-state index in [4.69, 9.17) is 10.4 Å². The highest BCUT2D eigenvalue weighted by Gasteiger charge is 2.50. The van der Waals surface area contributed by atoms with Crippen molar-refractivity contribution in [2.45, 2.75) is 12.8 Å². The molecule has 2 N–H and O–H groups in total. The Morgan fingerprint density at radius 3 is 2.39 bits per heavy atom. The van der Waals surface area contributed by atoms with E-state index in [0.717, 1.165) is 12.1 Å². The van der Waals surface area contributed by atoms with Crippen molar-refractivity contribution in [3.05, 3.63) is 29.3 Å². The number of nitrogens with zero attached hydrogens (tertiary/aromatic N) is 1.